The zero-order valence-electron chi connectivity index (χ0n) is 21.9. The van der Waals surface area contributed by atoms with E-state index in [1.165, 1.54) is 18.5 Å². The fourth-order valence-corrected chi connectivity index (χ4v) is 4.26. The van der Waals surface area contributed by atoms with E-state index in [-0.39, 0.29) is 34.8 Å². The van der Waals surface area contributed by atoms with Crippen LogP contribution in [0.15, 0.2) is 54.9 Å². The molecule has 0 unspecified atom stereocenters. The summed E-state index contributed by atoms with van der Waals surface area (Å²) in [6.45, 7) is 1.29. The van der Waals surface area contributed by atoms with Crippen molar-refractivity contribution < 1.29 is 45.0 Å². The van der Waals surface area contributed by atoms with E-state index in [0.717, 1.165) is 25.0 Å². The van der Waals surface area contributed by atoms with E-state index in [0.29, 0.717) is 28.5 Å². The molecular weight excluding hydrogens is 573 g/mol. The molecule has 42 heavy (non-hydrogen) atoms. The summed E-state index contributed by atoms with van der Waals surface area (Å²) in [6, 6.07) is 9.14. The number of nitrogens with one attached hydrogen (secondary N) is 2. The van der Waals surface area contributed by atoms with E-state index in [1.54, 1.807) is 29.5 Å². The molecule has 1 saturated carbocycles. The van der Waals surface area contributed by atoms with E-state index < -0.39 is 37.1 Å². The maximum absolute atomic E-state index is 14.3. The summed E-state index contributed by atoms with van der Waals surface area (Å²) in [5.74, 6) is -2.74. The number of amides is 1. The molecule has 0 saturated heterocycles. The van der Waals surface area contributed by atoms with Gasteiger partial charge in [0.25, 0.3) is 5.91 Å². The lowest BCUT2D eigenvalue weighted by atomic mass is 10.0. The number of hydrogen-bond donors (Lipinski definition) is 2. The molecular formula is C28H23F7N4O3. The zero-order chi connectivity index (χ0) is 30.2. The second-order valence-corrected chi connectivity index (χ2v) is 9.74. The molecule has 222 valence electrons. The van der Waals surface area contributed by atoms with Gasteiger partial charge in [0.2, 0.25) is 0 Å². The minimum Gasteiger partial charge on any atom is -0.456 e. The predicted octanol–water partition coefficient (Wildman–Crippen LogP) is 7.40. The van der Waals surface area contributed by atoms with Crippen LogP contribution < -0.4 is 20.1 Å². The number of rotatable bonds is 9. The van der Waals surface area contributed by atoms with Crippen molar-refractivity contribution in [3.63, 3.8) is 0 Å². The number of aromatic nitrogens is 2. The van der Waals surface area contributed by atoms with Gasteiger partial charge in [-0.15, -0.1) is 13.2 Å². The molecule has 1 aliphatic rings. The first-order valence-corrected chi connectivity index (χ1v) is 12.7. The average Bonchev–Trinajstić information content (AvgIpc) is 3.59. The molecule has 0 spiro atoms. The number of carbonyl (C=O) groups is 1. The molecule has 14 heteroatoms. The van der Waals surface area contributed by atoms with E-state index in [2.05, 4.69) is 20.4 Å². The second kappa shape index (κ2) is 11.1. The van der Waals surface area contributed by atoms with Crippen molar-refractivity contribution in [2.45, 2.75) is 44.8 Å². The SMILES string of the molecule is Cc1cc(-c2cnc3c(NCCC(F)(F)F)cc(Oc4ccc(OC(F)(F)F)c(F)c4)cn23)ccc1C(=O)NC1CC1. The highest BCUT2D eigenvalue weighted by Crippen LogP contribution is 2.34. The smallest absolute Gasteiger partial charge is 0.456 e. The Morgan fingerprint density at radius 1 is 1.05 bits per heavy atom. The van der Waals surface area contributed by atoms with E-state index in [9.17, 15) is 35.5 Å². The van der Waals surface area contributed by atoms with E-state index >= 15 is 0 Å². The predicted molar refractivity (Wildman–Crippen MR) is 138 cm³/mol. The first kappa shape index (κ1) is 29.0. The Morgan fingerprint density at radius 2 is 1.81 bits per heavy atom. The molecule has 0 bridgehead atoms. The van der Waals surface area contributed by atoms with Gasteiger partial charge in [0.15, 0.2) is 17.2 Å². The highest BCUT2D eigenvalue weighted by molar-refractivity contribution is 5.96. The summed E-state index contributed by atoms with van der Waals surface area (Å²) in [6.07, 6.45) is -5.82. The summed E-state index contributed by atoms with van der Waals surface area (Å²) < 4.78 is 101. The van der Waals surface area contributed by atoms with Crippen molar-refractivity contribution >= 4 is 17.2 Å². The van der Waals surface area contributed by atoms with Gasteiger partial charge in [0.1, 0.15) is 11.5 Å². The summed E-state index contributed by atoms with van der Waals surface area (Å²) in [5, 5.41) is 5.62. The summed E-state index contributed by atoms with van der Waals surface area (Å²) >= 11 is 0. The van der Waals surface area contributed by atoms with Crippen molar-refractivity contribution in [1.82, 2.24) is 14.7 Å². The Morgan fingerprint density at radius 3 is 2.45 bits per heavy atom. The third kappa shape index (κ3) is 7.04. The molecule has 2 aromatic heterocycles. The fraction of sp³-hybridized carbons (Fsp3) is 0.286. The molecule has 5 rings (SSSR count). The minimum absolute atomic E-state index is 0.0253. The van der Waals surface area contributed by atoms with E-state index in [1.807, 2.05) is 0 Å². The first-order chi connectivity index (χ1) is 19.8. The van der Waals surface area contributed by atoms with Crippen LogP contribution in [0.25, 0.3) is 16.9 Å². The van der Waals surface area contributed by atoms with Crippen molar-refractivity contribution in [3.8, 4) is 28.5 Å². The Bertz CT molecular complexity index is 1630. The number of imidazole rings is 1. The maximum atomic E-state index is 14.3. The van der Waals surface area contributed by atoms with Crippen LogP contribution in [0.1, 0.15) is 35.2 Å². The third-order valence-corrected chi connectivity index (χ3v) is 6.35. The molecule has 0 atom stereocenters. The van der Waals surface area contributed by atoms with Crippen molar-refractivity contribution in [1.29, 1.82) is 0 Å². The molecule has 1 aliphatic carbocycles. The number of pyridine rings is 1. The van der Waals surface area contributed by atoms with Crippen LogP contribution in [0.4, 0.5) is 36.4 Å². The summed E-state index contributed by atoms with van der Waals surface area (Å²) in [5.41, 5.74) is 2.75. The molecule has 0 aliphatic heterocycles. The monoisotopic (exact) mass is 596 g/mol. The van der Waals surface area contributed by atoms with Crippen LogP contribution in [0.3, 0.4) is 0 Å². The lowest BCUT2D eigenvalue weighted by Gasteiger charge is -2.15. The minimum atomic E-state index is -5.10. The average molecular weight is 597 g/mol. The number of aryl methyl sites for hydroxylation is 1. The molecule has 7 nitrogen and oxygen atoms in total. The Balaban J connectivity index is 1.49. The Kier molecular flexibility index (Phi) is 7.64. The van der Waals surface area contributed by atoms with Crippen molar-refractivity contribution in [2.24, 2.45) is 0 Å². The fourth-order valence-electron chi connectivity index (χ4n) is 4.26. The topological polar surface area (TPSA) is 76.9 Å². The zero-order valence-corrected chi connectivity index (χ0v) is 21.9. The third-order valence-electron chi connectivity index (χ3n) is 6.35. The number of fused-ring (bicyclic) bond motifs is 1. The van der Waals surface area contributed by atoms with Crippen molar-refractivity contribution in [2.75, 3.05) is 11.9 Å². The summed E-state index contributed by atoms with van der Waals surface area (Å²) in [4.78, 5) is 16.9. The molecule has 1 fully saturated rings. The number of carbonyl (C=O) groups excluding carboxylic acids is 1. The quantitative estimate of drug-likeness (QED) is 0.197. The first-order valence-electron chi connectivity index (χ1n) is 12.7. The lowest BCUT2D eigenvalue weighted by Crippen LogP contribution is -2.26. The normalized spacial score (nSPS) is 13.7. The van der Waals surface area contributed by atoms with Gasteiger partial charge in [-0.25, -0.2) is 9.37 Å². The number of hydrogen-bond acceptors (Lipinski definition) is 5. The Hall–Kier alpha value is -4.49. The standard InChI is InChI=1S/C28H23F7N4O3/c1-15-10-16(2-6-20(15)26(40)38-17-3-4-17)23-13-37-25-22(36-9-8-27(30,31)32)12-19(14-39(23)25)41-18-5-7-24(21(29)11-18)42-28(33,34)35/h2,5-7,10-14,17,36H,3-4,8-9H2,1H3,(H,38,40). The van der Waals surface area contributed by atoms with Crippen LogP contribution in [0, 0.1) is 12.7 Å². The van der Waals surface area contributed by atoms with Gasteiger partial charge < -0.3 is 20.1 Å². The number of ether oxygens (including phenoxy) is 2. The van der Waals surface area contributed by atoms with Crippen molar-refractivity contribution in [3.05, 3.63) is 71.8 Å². The molecule has 2 aromatic carbocycles. The number of halogens is 7. The number of benzene rings is 2. The molecule has 2 heterocycles. The maximum Gasteiger partial charge on any atom is 0.573 e. The highest BCUT2D eigenvalue weighted by Gasteiger charge is 2.32. The Labute approximate surface area is 234 Å². The van der Waals surface area contributed by atoms with Crippen LogP contribution in [0.2, 0.25) is 0 Å². The van der Waals surface area contributed by atoms with Gasteiger partial charge in [-0.2, -0.15) is 13.2 Å². The van der Waals surface area contributed by atoms with Crippen LogP contribution in [0.5, 0.6) is 17.2 Å². The van der Waals surface area contributed by atoms with Gasteiger partial charge in [-0.05, 0) is 49.6 Å². The van der Waals surface area contributed by atoms with Gasteiger partial charge in [0.05, 0.1) is 30.2 Å². The lowest BCUT2D eigenvalue weighted by molar-refractivity contribution is -0.275. The number of anilines is 1. The van der Waals surface area contributed by atoms with Gasteiger partial charge in [0, 0.05) is 35.8 Å². The summed E-state index contributed by atoms with van der Waals surface area (Å²) in [7, 11) is 0. The largest absolute Gasteiger partial charge is 0.573 e. The molecule has 4 aromatic rings. The highest BCUT2D eigenvalue weighted by atomic mass is 19.4. The van der Waals surface area contributed by atoms with Crippen LogP contribution in [-0.4, -0.2) is 40.4 Å². The van der Waals surface area contributed by atoms with Gasteiger partial charge in [-0.3, -0.25) is 9.20 Å². The van der Waals surface area contributed by atoms with Gasteiger partial charge in [-0.1, -0.05) is 6.07 Å². The molecule has 2 N–H and O–H groups in total. The van der Waals surface area contributed by atoms with E-state index in [4.69, 9.17) is 4.74 Å². The van der Waals surface area contributed by atoms with Crippen LogP contribution in [-0.2, 0) is 0 Å². The molecule has 1 amide bonds. The van der Waals surface area contributed by atoms with Gasteiger partial charge >= 0.3 is 12.5 Å². The number of alkyl halides is 6. The van der Waals surface area contributed by atoms with Crippen LogP contribution >= 0.6 is 0 Å². The second-order valence-electron chi connectivity index (χ2n) is 9.74. The number of nitrogens with zero attached hydrogens (tertiary/aromatic N) is 2. The molecule has 0 radical (unpaired) electrons.